The molecule has 0 bridgehead atoms. The van der Waals surface area contributed by atoms with Crippen LogP contribution in [-0.4, -0.2) is 41.3 Å². The number of rotatable bonds is 6. The Labute approximate surface area is 85.5 Å². The lowest BCUT2D eigenvalue weighted by Crippen LogP contribution is -2.39. The van der Waals surface area contributed by atoms with E-state index in [0.717, 1.165) is 0 Å². The van der Waals surface area contributed by atoms with Crippen LogP contribution < -0.4 is 0 Å². The first-order valence-corrected chi connectivity index (χ1v) is 5.74. The highest BCUT2D eigenvalue weighted by atomic mass is 27.3. The summed E-state index contributed by atoms with van der Waals surface area (Å²) in [5, 5.41) is 0. The van der Waals surface area contributed by atoms with Gasteiger partial charge in [0.1, 0.15) is 5.79 Å². The van der Waals surface area contributed by atoms with Crippen molar-refractivity contribution in [2.24, 2.45) is 0 Å². The summed E-state index contributed by atoms with van der Waals surface area (Å²) in [7, 11) is 3.18. The summed E-state index contributed by atoms with van der Waals surface area (Å²) in [6, 6.07) is 0. The molecule has 0 atom stereocenters. The first kappa shape index (κ1) is 13.4. The van der Waals surface area contributed by atoms with Gasteiger partial charge in [-0.2, -0.15) is 0 Å². The maximum Gasteiger partial charge on any atom is 0.907 e. The molecule has 13 heavy (non-hydrogen) atoms. The quantitative estimate of drug-likeness (QED) is 0.487. The Kier molecular flexibility index (Phi) is 6.14. The average molecular weight is 206 g/mol. The van der Waals surface area contributed by atoms with E-state index in [1.807, 2.05) is 27.7 Å². The van der Waals surface area contributed by atoms with E-state index in [1.54, 1.807) is 14.2 Å². The van der Waals surface area contributed by atoms with Crippen molar-refractivity contribution < 1.29 is 16.1 Å². The third kappa shape index (κ3) is 6.44. The molecular formula is C8H19AlO4. The van der Waals surface area contributed by atoms with Crippen LogP contribution in [0.5, 0.6) is 0 Å². The molecule has 0 aliphatic rings. The fourth-order valence-electron chi connectivity index (χ4n) is 0.634. The molecule has 0 aromatic heterocycles. The highest BCUT2D eigenvalue weighted by molar-refractivity contribution is 6.36. The topological polar surface area (TPSA) is 36.9 Å². The molecular weight excluding hydrogens is 187 g/mol. The minimum Gasteiger partial charge on any atom is -0.457 e. The minimum atomic E-state index is -2.04. The molecule has 0 amide bonds. The minimum absolute atomic E-state index is 0.115. The lowest BCUT2D eigenvalue weighted by Gasteiger charge is -2.27. The van der Waals surface area contributed by atoms with Crippen molar-refractivity contribution >= 4 is 15.1 Å². The van der Waals surface area contributed by atoms with Gasteiger partial charge in [-0.15, -0.1) is 0 Å². The van der Waals surface area contributed by atoms with Crippen molar-refractivity contribution in [3.05, 3.63) is 0 Å². The van der Waals surface area contributed by atoms with Crippen molar-refractivity contribution in [2.45, 2.75) is 39.6 Å². The summed E-state index contributed by atoms with van der Waals surface area (Å²) in [4.78, 5) is 0. The van der Waals surface area contributed by atoms with Crippen LogP contribution in [0.25, 0.3) is 0 Å². The fourth-order valence-corrected chi connectivity index (χ4v) is 1.90. The van der Waals surface area contributed by atoms with E-state index in [2.05, 4.69) is 0 Å². The highest BCUT2D eigenvalue weighted by Crippen LogP contribution is 2.12. The van der Waals surface area contributed by atoms with Gasteiger partial charge >= 0.3 is 15.1 Å². The van der Waals surface area contributed by atoms with Gasteiger partial charge in [-0.25, -0.2) is 0 Å². The summed E-state index contributed by atoms with van der Waals surface area (Å²) in [6.45, 7) is 7.55. The third-order valence-corrected chi connectivity index (χ3v) is 3.36. The first-order chi connectivity index (χ1) is 5.91. The van der Waals surface area contributed by atoms with E-state index in [4.69, 9.17) is 16.1 Å². The lowest BCUT2D eigenvalue weighted by molar-refractivity contribution is -0.161. The van der Waals surface area contributed by atoms with Gasteiger partial charge in [0, 0.05) is 20.3 Å². The molecule has 0 aromatic carbocycles. The van der Waals surface area contributed by atoms with Crippen LogP contribution in [0.1, 0.15) is 27.7 Å². The molecule has 78 valence electrons. The second-order valence-electron chi connectivity index (χ2n) is 3.43. The van der Waals surface area contributed by atoms with Crippen LogP contribution in [-0.2, 0) is 16.1 Å². The molecule has 0 radical (unpaired) electrons. The summed E-state index contributed by atoms with van der Waals surface area (Å²) in [5.74, 6) is -0.637. The molecule has 0 saturated carbocycles. The van der Waals surface area contributed by atoms with Crippen LogP contribution in [0.4, 0.5) is 0 Å². The Bertz CT molecular complexity index is 138. The molecule has 5 heteroatoms. The zero-order valence-electron chi connectivity index (χ0n) is 9.29. The van der Waals surface area contributed by atoms with Crippen molar-refractivity contribution in [1.82, 2.24) is 0 Å². The first-order valence-electron chi connectivity index (χ1n) is 4.32. The maximum absolute atomic E-state index is 5.52. The van der Waals surface area contributed by atoms with Gasteiger partial charge in [-0.05, 0) is 27.7 Å². The molecule has 0 rings (SSSR count). The summed E-state index contributed by atoms with van der Waals surface area (Å²) in [5.41, 5.74) is 0. The normalized spacial score (nSPS) is 12.2. The van der Waals surface area contributed by atoms with E-state index in [0.29, 0.717) is 0 Å². The summed E-state index contributed by atoms with van der Waals surface area (Å²) < 4.78 is 21.2. The SMILES string of the molecule is C[O][Al]([O]C(C)C)[O]C(C)(C)OC. The number of methoxy groups -OCH3 is 1. The van der Waals surface area contributed by atoms with Crippen molar-refractivity contribution in [1.29, 1.82) is 0 Å². The lowest BCUT2D eigenvalue weighted by atomic mass is 10.4. The maximum atomic E-state index is 5.52. The largest absolute Gasteiger partial charge is 0.907 e. The molecule has 0 unspecified atom stereocenters. The smallest absolute Gasteiger partial charge is 0.457 e. The number of ether oxygens (including phenoxy) is 1. The van der Waals surface area contributed by atoms with Crippen molar-refractivity contribution in [3.63, 3.8) is 0 Å². The monoisotopic (exact) mass is 206 g/mol. The molecule has 0 N–H and O–H groups in total. The van der Waals surface area contributed by atoms with Gasteiger partial charge in [0.2, 0.25) is 0 Å². The molecule has 0 aliphatic heterocycles. The van der Waals surface area contributed by atoms with Gasteiger partial charge in [0.05, 0.1) is 0 Å². The van der Waals surface area contributed by atoms with Crippen molar-refractivity contribution in [3.8, 4) is 0 Å². The molecule has 0 fully saturated rings. The number of hydrogen-bond acceptors (Lipinski definition) is 4. The zero-order valence-corrected chi connectivity index (χ0v) is 10.4. The van der Waals surface area contributed by atoms with Crippen LogP contribution >= 0.6 is 0 Å². The Hall–Kier alpha value is 0.372. The Balaban J connectivity index is 3.97. The molecule has 0 heterocycles. The van der Waals surface area contributed by atoms with Gasteiger partial charge in [-0.3, -0.25) is 0 Å². The van der Waals surface area contributed by atoms with Crippen molar-refractivity contribution in [2.75, 3.05) is 14.2 Å². The van der Waals surface area contributed by atoms with Crippen LogP contribution in [0, 0.1) is 0 Å². The van der Waals surface area contributed by atoms with E-state index in [9.17, 15) is 0 Å². The highest BCUT2D eigenvalue weighted by Gasteiger charge is 2.37. The van der Waals surface area contributed by atoms with Gasteiger partial charge < -0.3 is 16.1 Å². The van der Waals surface area contributed by atoms with E-state index >= 15 is 0 Å². The Morgan fingerprint density at radius 1 is 1.15 bits per heavy atom. The summed E-state index contributed by atoms with van der Waals surface area (Å²) in [6.07, 6.45) is 0.115. The van der Waals surface area contributed by atoms with Crippen LogP contribution in [0.15, 0.2) is 0 Å². The molecule has 0 aliphatic carbocycles. The van der Waals surface area contributed by atoms with E-state index < -0.39 is 20.9 Å². The predicted octanol–water partition coefficient (Wildman–Crippen LogP) is 1.44. The third-order valence-electron chi connectivity index (χ3n) is 1.45. The van der Waals surface area contributed by atoms with E-state index in [1.165, 1.54) is 0 Å². The van der Waals surface area contributed by atoms with Crippen LogP contribution in [0.2, 0.25) is 0 Å². The van der Waals surface area contributed by atoms with Crippen LogP contribution in [0.3, 0.4) is 0 Å². The van der Waals surface area contributed by atoms with Gasteiger partial charge in [0.25, 0.3) is 0 Å². The summed E-state index contributed by atoms with van der Waals surface area (Å²) >= 11 is -2.04. The Morgan fingerprint density at radius 3 is 2.00 bits per heavy atom. The second-order valence-corrected chi connectivity index (χ2v) is 4.99. The molecule has 0 spiro atoms. The van der Waals surface area contributed by atoms with Gasteiger partial charge in [0.15, 0.2) is 0 Å². The number of hydrogen-bond donors (Lipinski definition) is 0. The molecule has 0 aromatic rings. The van der Waals surface area contributed by atoms with Gasteiger partial charge in [-0.1, -0.05) is 0 Å². The standard InChI is InChI=1S/C4H9O2.C3H7O.CH3O.Al/c1-4(2,5)6-3;1-3(2)4;1-2;/h1-3H3;3H,1-2H3;1H3;/q3*-1;+3. The second kappa shape index (κ2) is 5.97. The molecule has 4 nitrogen and oxygen atoms in total. The average Bonchev–Trinajstić information content (AvgIpc) is 2.02. The van der Waals surface area contributed by atoms with E-state index in [-0.39, 0.29) is 6.10 Å². The fraction of sp³-hybridized carbons (Fsp3) is 1.00. The zero-order chi connectivity index (χ0) is 10.5. The molecule has 0 saturated heterocycles. The predicted molar refractivity (Wildman–Crippen MR) is 51.2 cm³/mol. The Morgan fingerprint density at radius 2 is 1.69 bits per heavy atom.